The van der Waals surface area contributed by atoms with Gasteiger partial charge in [0.05, 0.1) is 6.07 Å². The van der Waals surface area contributed by atoms with Crippen LogP contribution < -0.4 is 10.6 Å². The van der Waals surface area contributed by atoms with E-state index in [1.807, 2.05) is 25.1 Å². The van der Waals surface area contributed by atoms with Gasteiger partial charge >= 0.3 is 6.09 Å². The standard InChI is InChI=1S/C26H40N4O4/c1-8-9-10-16-28-23(31)22(20-13-11-19(4)12-14-20)30(17-15-27)24(32)21(18(2)3)29-25(33)34-26(5,6)7/h11-14,18,21-22H,8-10,16-17H2,1-7H3,(H,28,31)(H,29,33). The monoisotopic (exact) mass is 472 g/mol. The Hall–Kier alpha value is -3.08. The Labute approximate surface area is 204 Å². The lowest BCUT2D eigenvalue weighted by molar-refractivity contribution is -0.142. The van der Waals surface area contributed by atoms with Gasteiger partial charge in [0.15, 0.2) is 0 Å². The minimum atomic E-state index is -1.00. The normalized spacial score (nSPS) is 12.9. The van der Waals surface area contributed by atoms with Gasteiger partial charge in [-0.3, -0.25) is 9.59 Å². The summed E-state index contributed by atoms with van der Waals surface area (Å²) < 4.78 is 5.32. The first-order valence-electron chi connectivity index (χ1n) is 11.9. The number of benzene rings is 1. The van der Waals surface area contributed by atoms with E-state index in [0.717, 1.165) is 24.8 Å². The Morgan fingerprint density at radius 1 is 1.12 bits per heavy atom. The number of carbonyl (C=O) groups is 3. The molecule has 1 rings (SSSR count). The van der Waals surface area contributed by atoms with Crippen molar-refractivity contribution in [3.05, 3.63) is 35.4 Å². The Morgan fingerprint density at radius 2 is 1.74 bits per heavy atom. The number of nitriles is 1. The number of hydrogen-bond acceptors (Lipinski definition) is 5. The van der Waals surface area contributed by atoms with Gasteiger partial charge in [-0.2, -0.15) is 5.26 Å². The third kappa shape index (κ3) is 9.42. The molecule has 8 nitrogen and oxygen atoms in total. The van der Waals surface area contributed by atoms with E-state index >= 15 is 0 Å². The SMILES string of the molecule is CCCCCNC(=O)C(c1ccc(C)cc1)N(CC#N)C(=O)C(NC(=O)OC(C)(C)C)C(C)C. The molecule has 0 bridgehead atoms. The van der Waals surface area contributed by atoms with Crippen LogP contribution in [0.25, 0.3) is 0 Å². The van der Waals surface area contributed by atoms with Crippen molar-refractivity contribution in [2.24, 2.45) is 5.92 Å². The second-order valence-electron chi connectivity index (χ2n) is 9.80. The molecule has 1 aromatic rings. The van der Waals surface area contributed by atoms with Gasteiger partial charge in [0.25, 0.3) is 0 Å². The summed E-state index contributed by atoms with van der Waals surface area (Å²) >= 11 is 0. The Balaban J connectivity index is 3.31. The largest absolute Gasteiger partial charge is 0.444 e. The average Bonchev–Trinajstić information content (AvgIpc) is 2.74. The van der Waals surface area contributed by atoms with Gasteiger partial charge in [0, 0.05) is 6.54 Å². The van der Waals surface area contributed by atoms with Crippen molar-refractivity contribution in [1.82, 2.24) is 15.5 Å². The highest BCUT2D eigenvalue weighted by molar-refractivity contribution is 5.92. The highest BCUT2D eigenvalue weighted by Crippen LogP contribution is 2.24. The number of alkyl carbamates (subject to hydrolysis) is 1. The van der Waals surface area contributed by atoms with Gasteiger partial charge in [-0.15, -0.1) is 0 Å². The maximum atomic E-state index is 13.7. The van der Waals surface area contributed by atoms with Gasteiger partial charge in [0.1, 0.15) is 24.2 Å². The van der Waals surface area contributed by atoms with Crippen molar-refractivity contribution in [2.45, 2.75) is 85.4 Å². The first-order valence-corrected chi connectivity index (χ1v) is 11.9. The second kappa shape index (κ2) is 13.6. The molecule has 0 aliphatic rings. The van der Waals surface area contributed by atoms with Crippen molar-refractivity contribution >= 4 is 17.9 Å². The van der Waals surface area contributed by atoms with E-state index in [2.05, 4.69) is 17.6 Å². The van der Waals surface area contributed by atoms with Gasteiger partial charge in [-0.25, -0.2) is 4.79 Å². The number of ether oxygens (including phenoxy) is 1. The number of amides is 3. The molecule has 1 aromatic carbocycles. The molecule has 0 radical (unpaired) electrons. The number of carbonyl (C=O) groups excluding carboxylic acids is 3. The third-order valence-corrected chi connectivity index (χ3v) is 5.16. The van der Waals surface area contributed by atoms with Crippen LogP contribution in [0.15, 0.2) is 24.3 Å². The fourth-order valence-corrected chi connectivity index (χ4v) is 3.40. The molecule has 0 spiro atoms. The Kier molecular flexibility index (Phi) is 11.6. The van der Waals surface area contributed by atoms with Gasteiger partial charge in [0.2, 0.25) is 11.8 Å². The average molecular weight is 473 g/mol. The quantitative estimate of drug-likeness (QED) is 0.369. The van der Waals surface area contributed by atoms with Crippen molar-refractivity contribution in [1.29, 1.82) is 5.26 Å². The van der Waals surface area contributed by atoms with Gasteiger partial charge in [-0.1, -0.05) is 63.4 Å². The predicted molar refractivity (Wildman–Crippen MR) is 132 cm³/mol. The van der Waals surface area contributed by atoms with Crippen LogP contribution in [0.1, 0.15) is 78.0 Å². The molecule has 34 heavy (non-hydrogen) atoms. The second-order valence-corrected chi connectivity index (χ2v) is 9.80. The summed E-state index contributed by atoms with van der Waals surface area (Å²) in [5.41, 5.74) is 0.877. The molecule has 0 saturated carbocycles. The van der Waals surface area contributed by atoms with Crippen molar-refractivity contribution in [2.75, 3.05) is 13.1 Å². The van der Waals surface area contributed by atoms with E-state index in [4.69, 9.17) is 4.74 Å². The fourth-order valence-electron chi connectivity index (χ4n) is 3.40. The maximum Gasteiger partial charge on any atom is 0.408 e. The minimum absolute atomic E-state index is 0.299. The number of aryl methyl sites for hydroxylation is 1. The smallest absolute Gasteiger partial charge is 0.408 e. The van der Waals surface area contributed by atoms with Gasteiger partial charge < -0.3 is 20.3 Å². The number of nitrogens with zero attached hydrogens (tertiary/aromatic N) is 2. The van der Waals surface area contributed by atoms with E-state index < -0.39 is 29.7 Å². The molecule has 2 atom stereocenters. The molecule has 0 saturated heterocycles. The van der Waals surface area contributed by atoms with E-state index in [1.54, 1.807) is 46.8 Å². The summed E-state index contributed by atoms with van der Waals surface area (Å²) in [6.45, 7) is 13.0. The Morgan fingerprint density at radius 3 is 2.24 bits per heavy atom. The summed E-state index contributed by atoms with van der Waals surface area (Å²) in [7, 11) is 0. The predicted octanol–water partition coefficient (Wildman–Crippen LogP) is 4.24. The minimum Gasteiger partial charge on any atom is -0.444 e. The molecule has 3 amide bonds. The van der Waals surface area contributed by atoms with E-state index in [9.17, 15) is 19.6 Å². The molecule has 0 aliphatic carbocycles. The van der Waals surface area contributed by atoms with Crippen molar-refractivity contribution in [3.8, 4) is 6.07 Å². The summed E-state index contributed by atoms with van der Waals surface area (Å²) in [4.78, 5) is 40.6. The number of rotatable bonds is 11. The third-order valence-electron chi connectivity index (χ3n) is 5.16. The van der Waals surface area contributed by atoms with Crippen LogP contribution in [-0.2, 0) is 14.3 Å². The maximum absolute atomic E-state index is 13.7. The van der Waals surface area contributed by atoms with Crippen LogP contribution in [0.3, 0.4) is 0 Å². The molecule has 8 heteroatoms. The van der Waals surface area contributed by atoms with Crippen molar-refractivity contribution in [3.63, 3.8) is 0 Å². The first kappa shape index (κ1) is 29.0. The molecule has 0 heterocycles. The van der Waals surface area contributed by atoms with Crippen LogP contribution in [0, 0.1) is 24.2 Å². The number of nitrogens with one attached hydrogen (secondary N) is 2. The lowest BCUT2D eigenvalue weighted by Crippen LogP contribution is -2.55. The Bertz CT molecular complexity index is 853. The van der Waals surface area contributed by atoms with Crippen LogP contribution in [0.5, 0.6) is 0 Å². The molecule has 188 valence electrons. The highest BCUT2D eigenvalue weighted by Gasteiger charge is 2.37. The first-order chi connectivity index (χ1) is 15.9. The molecule has 0 fully saturated rings. The lowest BCUT2D eigenvalue weighted by Gasteiger charge is -2.34. The molecular weight excluding hydrogens is 432 g/mol. The van der Waals surface area contributed by atoms with Crippen LogP contribution in [-0.4, -0.2) is 47.5 Å². The summed E-state index contributed by atoms with van der Waals surface area (Å²) in [6, 6.07) is 7.33. The molecule has 2 unspecified atom stereocenters. The zero-order valence-electron chi connectivity index (χ0n) is 21.6. The van der Waals surface area contributed by atoms with Crippen LogP contribution in [0.4, 0.5) is 4.79 Å². The van der Waals surface area contributed by atoms with E-state index in [-0.39, 0.29) is 18.4 Å². The summed E-state index contributed by atoms with van der Waals surface area (Å²) in [6.07, 6.45) is 2.09. The summed E-state index contributed by atoms with van der Waals surface area (Å²) in [5.74, 6) is -1.17. The van der Waals surface area contributed by atoms with Crippen molar-refractivity contribution < 1.29 is 19.1 Å². The highest BCUT2D eigenvalue weighted by atomic mass is 16.6. The zero-order valence-corrected chi connectivity index (χ0v) is 21.6. The molecule has 0 aromatic heterocycles. The molecule has 2 N–H and O–H groups in total. The van der Waals surface area contributed by atoms with Gasteiger partial charge in [-0.05, 0) is 45.6 Å². The fraction of sp³-hybridized carbons (Fsp3) is 0.615. The number of unbranched alkanes of at least 4 members (excludes halogenated alkanes) is 2. The number of hydrogen-bond donors (Lipinski definition) is 2. The molecular formula is C26H40N4O4. The van der Waals surface area contributed by atoms with Crippen LogP contribution in [0.2, 0.25) is 0 Å². The topological polar surface area (TPSA) is 112 Å². The lowest BCUT2D eigenvalue weighted by atomic mass is 9.98. The summed E-state index contributed by atoms with van der Waals surface area (Å²) in [5, 5.41) is 15.1. The zero-order chi connectivity index (χ0) is 25.9. The van der Waals surface area contributed by atoms with E-state index in [1.165, 1.54) is 4.90 Å². The van der Waals surface area contributed by atoms with Crippen LogP contribution >= 0.6 is 0 Å². The van der Waals surface area contributed by atoms with E-state index in [0.29, 0.717) is 12.1 Å². The molecule has 0 aliphatic heterocycles.